The van der Waals surface area contributed by atoms with Gasteiger partial charge >= 0.3 is 5.97 Å². The van der Waals surface area contributed by atoms with Gasteiger partial charge in [-0.25, -0.2) is 9.18 Å². The molecule has 0 saturated carbocycles. The molecule has 0 unspecified atom stereocenters. The van der Waals surface area contributed by atoms with E-state index in [2.05, 4.69) is 0 Å². The van der Waals surface area contributed by atoms with Crippen LogP contribution in [-0.2, 0) is 14.3 Å². The van der Waals surface area contributed by atoms with Crippen LogP contribution >= 0.6 is 0 Å². The topological polar surface area (TPSA) is 84.0 Å². The summed E-state index contributed by atoms with van der Waals surface area (Å²) in [7, 11) is 0. The van der Waals surface area contributed by atoms with Crippen LogP contribution in [0.15, 0.2) is 48.5 Å². The monoisotopic (exact) mass is 410 g/mol. The maximum atomic E-state index is 13.2. The molecule has 0 bridgehead atoms. The van der Waals surface area contributed by atoms with E-state index in [4.69, 9.17) is 4.74 Å². The zero-order valence-corrected chi connectivity index (χ0v) is 16.3. The minimum absolute atomic E-state index is 0.0686. The van der Waals surface area contributed by atoms with Gasteiger partial charge in [0.25, 0.3) is 5.91 Å². The molecule has 0 aromatic heterocycles. The first-order valence-electron chi connectivity index (χ1n) is 9.60. The van der Waals surface area contributed by atoms with Crippen molar-refractivity contribution in [2.24, 2.45) is 0 Å². The summed E-state index contributed by atoms with van der Waals surface area (Å²) in [4.78, 5) is 54.0. The maximum absolute atomic E-state index is 13.2. The SMILES string of the molecule is CCN1C(=O)c2ccccc2N2C(=O)CC[C@]12C(=O)OCC(=O)c1ccc(F)cc1. The third kappa shape index (κ3) is 2.87. The Bertz CT molecular complexity index is 1050. The Kier molecular flexibility index (Phi) is 4.85. The van der Waals surface area contributed by atoms with Crippen molar-refractivity contribution < 1.29 is 28.3 Å². The van der Waals surface area contributed by atoms with Gasteiger partial charge in [-0.3, -0.25) is 19.3 Å². The molecule has 8 heteroatoms. The second-order valence-corrected chi connectivity index (χ2v) is 7.12. The summed E-state index contributed by atoms with van der Waals surface area (Å²) >= 11 is 0. The van der Waals surface area contributed by atoms with Crippen molar-refractivity contribution in [3.05, 3.63) is 65.5 Å². The molecular formula is C22H19FN2O5. The fraction of sp³-hybridized carbons (Fsp3) is 0.273. The van der Waals surface area contributed by atoms with E-state index < -0.39 is 29.8 Å². The molecule has 0 radical (unpaired) electrons. The highest BCUT2D eigenvalue weighted by Gasteiger charge is 2.61. The standard InChI is InChI=1S/C22H19FN2O5/c1-2-24-20(28)16-5-3-4-6-17(16)25-19(27)11-12-22(24,25)21(29)30-13-18(26)14-7-9-15(23)10-8-14/h3-10H,2,11-13H2,1H3/t22-/m0/s1. The summed E-state index contributed by atoms with van der Waals surface area (Å²) in [5, 5.41) is 0. The Morgan fingerprint density at radius 2 is 1.80 bits per heavy atom. The molecule has 30 heavy (non-hydrogen) atoms. The van der Waals surface area contributed by atoms with E-state index in [1.807, 2.05) is 0 Å². The van der Waals surface area contributed by atoms with Gasteiger partial charge in [0.1, 0.15) is 5.82 Å². The third-order valence-corrected chi connectivity index (χ3v) is 5.52. The van der Waals surface area contributed by atoms with E-state index in [0.717, 1.165) is 12.1 Å². The first-order chi connectivity index (χ1) is 14.4. The highest BCUT2D eigenvalue weighted by atomic mass is 19.1. The van der Waals surface area contributed by atoms with Gasteiger partial charge in [-0.2, -0.15) is 0 Å². The van der Waals surface area contributed by atoms with Crippen molar-refractivity contribution in [2.75, 3.05) is 18.1 Å². The lowest BCUT2D eigenvalue weighted by Crippen LogP contribution is -2.68. The van der Waals surface area contributed by atoms with Crippen molar-refractivity contribution in [2.45, 2.75) is 25.4 Å². The third-order valence-electron chi connectivity index (χ3n) is 5.52. The zero-order chi connectivity index (χ0) is 21.5. The number of hydrogen-bond acceptors (Lipinski definition) is 5. The number of para-hydroxylation sites is 1. The summed E-state index contributed by atoms with van der Waals surface area (Å²) in [5.41, 5.74) is -0.740. The number of nitrogens with zero attached hydrogens (tertiary/aromatic N) is 2. The van der Waals surface area contributed by atoms with Crippen molar-refractivity contribution in [1.29, 1.82) is 0 Å². The van der Waals surface area contributed by atoms with Gasteiger partial charge in [-0.1, -0.05) is 12.1 Å². The van der Waals surface area contributed by atoms with Crippen LogP contribution in [0.1, 0.15) is 40.5 Å². The van der Waals surface area contributed by atoms with Gasteiger partial charge in [0.2, 0.25) is 11.6 Å². The number of rotatable bonds is 5. The Morgan fingerprint density at radius 1 is 1.10 bits per heavy atom. The fourth-order valence-corrected chi connectivity index (χ4v) is 4.14. The number of amides is 2. The number of Topliss-reactive ketones (excluding diaryl/α,β-unsaturated/α-hetero) is 1. The molecule has 2 aromatic carbocycles. The fourth-order valence-electron chi connectivity index (χ4n) is 4.14. The number of halogens is 1. The van der Waals surface area contributed by atoms with Crippen molar-refractivity contribution >= 4 is 29.3 Å². The van der Waals surface area contributed by atoms with Gasteiger partial charge in [0.15, 0.2) is 12.4 Å². The molecule has 2 aliphatic rings. The number of carbonyl (C=O) groups is 4. The summed E-state index contributed by atoms with van der Waals surface area (Å²) < 4.78 is 18.4. The minimum atomic E-state index is -1.62. The lowest BCUT2D eigenvalue weighted by Gasteiger charge is -2.47. The number of benzene rings is 2. The summed E-state index contributed by atoms with van der Waals surface area (Å²) in [6.07, 6.45) is 0.141. The van der Waals surface area contributed by atoms with Crippen LogP contribution in [0.5, 0.6) is 0 Å². The normalized spacial score (nSPS) is 20.1. The predicted octanol–water partition coefficient (Wildman–Crippen LogP) is 2.55. The number of fused-ring (bicyclic) bond motifs is 3. The lowest BCUT2D eigenvalue weighted by atomic mass is 9.96. The number of ether oxygens (including phenoxy) is 1. The summed E-state index contributed by atoms with van der Waals surface area (Å²) in [5.74, 6) is -2.51. The molecule has 154 valence electrons. The average molecular weight is 410 g/mol. The predicted molar refractivity (Wildman–Crippen MR) is 104 cm³/mol. The Balaban J connectivity index is 1.66. The molecular weight excluding hydrogens is 391 g/mol. The number of ketones is 1. The van der Waals surface area contributed by atoms with Gasteiger partial charge < -0.3 is 9.64 Å². The van der Waals surface area contributed by atoms with Crippen LogP contribution in [0.2, 0.25) is 0 Å². The summed E-state index contributed by atoms with van der Waals surface area (Å²) in [6.45, 7) is 1.31. The molecule has 0 N–H and O–H groups in total. The highest BCUT2D eigenvalue weighted by molar-refractivity contribution is 6.15. The molecule has 0 aliphatic carbocycles. The van der Waals surface area contributed by atoms with Gasteiger partial charge in [-0.05, 0) is 43.3 Å². The minimum Gasteiger partial charge on any atom is -0.454 e. The van der Waals surface area contributed by atoms with Crippen LogP contribution in [-0.4, -0.2) is 47.3 Å². The first-order valence-corrected chi connectivity index (χ1v) is 9.60. The highest BCUT2D eigenvalue weighted by Crippen LogP contribution is 2.44. The Morgan fingerprint density at radius 3 is 2.50 bits per heavy atom. The summed E-state index contributed by atoms with van der Waals surface area (Å²) in [6, 6.07) is 11.5. The molecule has 2 aliphatic heterocycles. The molecule has 4 rings (SSSR count). The maximum Gasteiger partial charge on any atom is 0.354 e. The zero-order valence-electron chi connectivity index (χ0n) is 16.3. The molecule has 1 saturated heterocycles. The van der Waals surface area contributed by atoms with E-state index in [9.17, 15) is 23.6 Å². The Labute approximate surface area is 172 Å². The second kappa shape index (κ2) is 7.37. The Hall–Kier alpha value is -3.55. The first kappa shape index (κ1) is 19.8. The van der Waals surface area contributed by atoms with Crippen molar-refractivity contribution in [1.82, 2.24) is 4.90 Å². The van der Waals surface area contributed by atoms with E-state index in [-0.39, 0.29) is 36.8 Å². The molecule has 2 heterocycles. The molecule has 0 spiro atoms. The van der Waals surface area contributed by atoms with Crippen LogP contribution in [0.3, 0.4) is 0 Å². The van der Waals surface area contributed by atoms with E-state index in [1.165, 1.54) is 21.9 Å². The number of esters is 1. The van der Waals surface area contributed by atoms with Gasteiger partial charge in [-0.15, -0.1) is 0 Å². The van der Waals surface area contributed by atoms with E-state index in [1.54, 1.807) is 31.2 Å². The van der Waals surface area contributed by atoms with E-state index >= 15 is 0 Å². The lowest BCUT2D eigenvalue weighted by molar-refractivity contribution is -0.156. The van der Waals surface area contributed by atoms with Crippen molar-refractivity contribution in [3.63, 3.8) is 0 Å². The number of likely N-dealkylation sites (N-methyl/N-ethyl adjacent to an activating group) is 1. The molecule has 1 fully saturated rings. The van der Waals surface area contributed by atoms with Crippen molar-refractivity contribution in [3.8, 4) is 0 Å². The number of anilines is 1. The molecule has 7 nitrogen and oxygen atoms in total. The van der Waals surface area contributed by atoms with Crippen LogP contribution in [0.4, 0.5) is 10.1 Å². The van der Waals surface area contributed by atoms with Crippen LogP contribution < -0.4 is 4.90 Å². The quantitative estimate of drug-likeness (QED) is 0.559. The van der Waals surface area contributed by atoms with Gasteiger partial charge in [0.05, 0.1) is 11.3 Å². The van der Waals surface area contributed by atoms with E-state index in [0.29, 0.717) is 11.3 Å². The second-order valence-electron chi connectivity index (χ2n) is 7.12. The van der Waals surface area contributed by atoms with Crippen LogP contribution in [0.25, 0.3) is 0 Å². The van der Waals surface area contributed by atoms with Crippen LogP contribution in [0, 0.1) is 5.82 Å². The molecule has 1 atom stereocenters. The number of carbonyl (C=O) groups excluding carboxylic acids is 4. The number of hydrogen-bond donors (Lipinski definition) is 0. The van der Waals surface area contributed by atoms with Gasteiger partial charge in [0, 0.05) is 24.9 Å². The average Bonchev–Trinajstić information content (AvgIpc) is 3.11. The smallest absolute Gasteiger partial charge is 0.354 e. The largest absolute Gasteiger partial charge is 0.454 e. The molecule has 2 aromatic rings. The molecule has 2 amide bonds.